The molecule has 0 unspecified atom stereocenters. The summed E-state index contributed by atoms with van der Waals surface area (Å²) in [5.41, 5.74) is 1.17. The lowest BCUT2D eigenvalue weighted by Gasteiger charge is -2.08. The Bertz CT molecular complexity index is 794. The van der Waals surface area contributed by atoms with Crippen molar-refractivity contribution in [2.75, 3.05) is 11.1 Å². The van der Waals surface area contributed by atoms with Crippen molar-refractivity contribution >= 4 is 49.0 Å². The van der Waals surface area contributed by atoms with Crippen molar-refractivity contribution in [3.63, 3.8) is 0 Å². The number of carbonyl (C=O) groups is 1. The molecule has 0 saturated carbocycles. The fourth-order valence-corrected chi connectivity index (χ4v) is 4.01. The molecular weight excluding hydrogens is 402 g/mol. The Morgan fingerprint density at radius 3 is 2.48 bits per heavy atom. The molecule has 1 amide bonds. The average Bonchev–Trinajstić information content (AvgIpc) is 2.49. The molecule has 7 heteroatoms. The number of nitrogens with one attached hydrogen (secondary N) is 1. The van der Waals surface area contributed by atoms with Gasteiger partial charge in [0, 0.05) is 10.9 Å². The lowest BCUT2D eigenvalue weighted by molar-refractivity contribution is -0.115. The highest BCUT2D eigenvalue weighted by molar-refractivity contribution is 9.10. The topological polar surface area (TPSA) is 63.2 Å². The first-order valence-electron chi connectivity index (χ1n) is 6.85. The fraction of sp³-hybridized carbons (Fsp3) is 0.188. The molecule has 0 bridgehead atoms. The zero-order valence-corrected chi connectivity index (χ0v) is 15.3. The minimum Gasteiger partial charge on any atom is -0.325 e. The third-order valence-corrected chi connectivity index (χ3v) is 5.48. The summed E-state index contributed by atoms with van der Waals surface area (Å²) in [6, 6.07) is 13.9. The Morgan fingerprint density at radius 1 is 1.13 bits per heavy atom. The molecule has 0 fully saturated rings. The average molecular weight is 417 g/mol. The number of benzene rings is 2. The Balaban J connectivity index is 1.90. The van der Waals surface area contributed by atoms with Gasteiger partial charge in [0.2, 0.25) is 5.91 Å². The molecule has 0 saturated heterocycles. The van der Waals surface area contributed by atoms with Gasteiger partial charge in [0.15, 0.2) is 9.84 Å². The van der Waals surface area contributed by atoms with Gasteiger partial charge in [0.05, 0.1) is 22.2 Å². The van der Waals surface area contributed by atoms with E-state index in [0.717, 1.165) is 4.47 Å². The van der Waals surface area contributed by atoms with E-state index >= 15 is 0 Å². The molecule has 2 aromatic carbocycles. The first kappa shape index (κ1) is 18.0. The van der Waals surface area contributed by atoms with Gasteiger partial charge >= 0.3 is 0 Å². The monoisotopic (exact) mass is 415 g/mol. The van der Waals surface area contributed by atoms with Crippen LogP contribution in [0, 0.1) is 0 Å². The number of halogens is 2. The molecule has 0 aliphatic carbocycles. The van der Waals surface area contributed by atoms with E-state index in [0.29, 0.717) is 16.3 Å². The van der Waals surface area contributed by atoms with Crippen LogP contribution in [0.25, 0.3) is 0 Å². The van der Waals surface area contributed by atoms with Crippen LogP contribution in [-0.2, 0) is 20.4 Å². The van der Waals surface area contributed by atoms with Crippen molar-refractivity contribution in [2.24, 2.45) is 0 Å². The molecule has 2 rings (SSSR count). The number of hydrogen-bond acceptors (Lipinski definition) is 3. The number of rotatable bonds is 6. The van der Waals surface area contributed by atoms with Gasteiger partial charge in [-0.05, 0) is 23.8 Å². The third-order valence-electron chi connectivity index (χ3n) is 3.07. The van der Waals surface area contributed by atoms with Crippen molar-refractivity contribution in [1.82, 2.24) is 0 Å². The van der Waals surface area contributed by atoms with Gasteiger partial charge in [0.25, 0.3) is 0 Å². The lowest BCUT2D eigenvalue weighted by atomic mass is 10.2. The predicted molar refractivity (Wildman–Crippen MR) is 96.3 cm³/mol. The van der Waals surface area contributed by atoms with Crippen molar-refractivity contribution in [3.8, 4) is 0 Å². The van der Waals surface area contributed by atoms with Gasteiger partial charge in [-0.3, -0.25) is 4.79 Å². The highest BCUT2D eigenvalue weighted by Crippen LogP contribution is 2.25. The van der Waals surface area contributed by atoms with E-state index in [-0.39, 0.29) is 23.8 Å². The summed E-state index contributed by atoms with van der Waals surface area (Å²) in [6.07, 6.45) is -0.110. The summed E-state index contributed by atoms with van der Waals surface area (Å²) < 4.78 is 24.9. The van der Waals surface area contributed by atoms with Gasteiger partial charge in [0.1, 0.15) is 0 Å². The second-order valence-electron chi connectivity index (χ2n) is 5.00. The van der Waals surface area contributed by atoms with Crippen molar-refractivity contribution < 1.29 is 13.2 Å². The molecule has 23 heavy (non-hydrogen) atoms. The standard InChI is InChI=1S/C16H15BrClNO3S/c17-13-6-7-15(14(18)10-13)19-16(20)8-9-23(21,22)11-12-4-2-1-3-5-12/h1-7,10H,8-9,11H2,(H,19,20). The first-order valence-corrected chi connectivity index (χ1v) is 9.84. The second-order valence-corrected chi connectivity index (χ2v) is 8.51. The van der Waals surface area contributed by atoms with Crippen LogP contribution < -0.4 is 5.32 Å². The van der Waals surface area contributed by atoms with Crippen LogP contribution in [-0.4, -0.2) is 20.1 Å². The number of amides is 1. The van der Waals surface area contributed by atoms with Crippen LogP contribution in [0.3, 0.4) is 0 Å². The summed E-state index contributed by atoms with van der Waals surface area (Å²) in [5, 5.41) is 3.01. The molecule has 0 atom stereocenters. The minimum atomic E-state index is -3.34. The first-order chi connectivity index (χ1) is 10.9. The molecule has 0 heterocycles. The highest BCUT2D eigenvalue weighted by atomic mass is 79.9. The minimum absolute atomic E-state index is 0.0693. The lowest BCUT2D eigenvalue weighted by Crippen LogP contribution is -2.18. The maximum atomic E-state index is 12.1. The SMILES string of the molecule is O=C(CCS(=O)(=O)Cc1ccccc1)Nc1ccc(Br)cc1Cl. The van der Waals surface area contributed by atoms with E-state index in [1.54, 1.807) is 42.5 Å². The maximum Gasteiger partial charge on any atom is 0.225 e. The van der Waals surface area contributed by atoms with E-state index in [1.165, 1.54) is 0 Å². The second kappa shape index (κ2) is 7.95. The predicted octanol–water partition coefficient (Wildman–Crippen LogP) is 4.05. The Kier molecular flexibility index (Phi) is 6.21. The summed E-state index contributed by atoms with van der Waals surface area (Å²) in [6.45, 7) is 0. The molecule has 4 nitrogen and oxygen atoms in total. The molecule has 0 spiro atoms. The summed E-state index contributed by atoms with van der Waals surface area (Å²) in [4.78, 5) is 11.9. The number of carbonyl (C=O) groups excluding carboxylic acids is 1. The zero-order chi connectivity index (χ0) is 16.9. The van der Waals surface area contributed by atoms with Gasteiger partial charge in [-0.25, -0.2) is 8.42 Å². The van der Waals surface area contributed by atoms with Crippen molar-refractivity contribution in [1.29, 1.82) is 0 Å². The van der Waals surface area contributed by atoms with Crippen LogP contribution in [0.1, 0.15) is 12.0 Å². The van der Waals surface area contributed by atoms with Gasteiger partial charge in [-0.1, -0.05) is 57.9 Å². The molecule has 0 aliphatic rings. The Hall–Kier alpha value is -1.37. The van der Waals surface area contributed by atoms with Crippen molar-refractivity contribution in [3.05, 3.63) is 63.6 Å². The van der Waals surface area contributed by atoms with E-state index in [2.05, 4.69) is 21.2 Å². The van der Waals surface area contributed by atoms with Crippen LogP contribution in [0.4, 0.5) is 5.69 Å². The molecule has 0 aliphatic heterocycles. The van der Waals surface area contributed by atoms with E-state index in [1.807, 2.05) is 6.07 Å². The highest BCUT2D eigenvalue weighted by Gasteiger charge is 2.15. The summed E-state index contributed by atoms with van der Waals surface area (Å²) in [7, 11) is -3.34. The summed E-state index contributed by atoms with van der Waals surface area (Å²) in [5.74, 6) is -0.659. The number of anilines is 1. The normalized spacial score (nSPS) is 11.2. The van der Waals surface area contributed by atoms with Crippen LogP contribution in [0.2, 0.25) is 5.02 Å². The zero-order valence-electron chi connectivity index (χ0n) is 12.1. The van der Waals surface area contributed by atoms with E-state index in [4.69, 9.17) is 11.6 Å². The van der Waals surface area contributed by atoms with E-state index < -0.39 is 9.84 Å². The largest absolute Gasteiger partial charge is 0.325 e. The fourth-order valence-electron chi connectivity index (χ4n) is 1.95. The van der Waals surface area contributed by atoms with Gasteiger partial charge in [-0.2, -0.15) is 0 Å². The smallest absolute Gasteiger partial charge is 0.225 e. The Labute approximate surface area is 148 Å². The number of hydrogen-bond donors (Lipinski definition) is 1. The summed E-state index contributed by atoms with van der Waals surface area (Å²) >= 11 is 9.28. The van der Waals surface area contributed by atoms with Crippen LogP contribution >= 0.6 is 27.5 Å². The molecular formula is C16H15BrClNO3S. The molecule has 122 valence electrons. The molecule has 0 radical (unpaired) electrons. The van der Waals surface area contributed by atoms with Gasteiger partial charge < -0.3 is 5.32 Å². The molecule has 2 aromatic rings. The maximum absolute atomic E-state index is 12.1. The Morgan fingerprint density at radius 2 is 1.83 bits per heavy atom. The molecule has 0 aromatic heterocycles. The number of sulfone groups is 1. The van der Waals surface area contributed by atoms with Crippen molar-refractivity contribution in [2.45, 2.75) is 12.2 Å². The van der Waals surface area contributed by atoms with E-state index in [9.17, 15) is 13.2 Å². The molecule has 1 N–H and O–H groups in total. The van der Waals surface area contributed by atoms with Gasteiger partial charge in [-0.15, -0.1) is 0 Å². The quantitative estimate of drug-likeness (QED) is 0.773. The third kappa shape index (κ3) is 5.97. The van der Waals surface area contributed by atoms with Crippen LogP contribution in [0.15, 0.2) is 53.0 Å². The van der Waals surface area contributed by atoms with Crippen LogP contribution in [0.5, 0.6) is 0 Å².